The van der Waals surface area contributed by atoms with Gasteiger partial charge in [-0.2, -0.15) is 5.10 Å². The monoisotopic (exact) mass is 323 g/mol. The van der Waals surface area contributed by atoms with Gasteiger partial charge in [0.25, 0.3) is 0 Å². The molecule has 1 aliphatic rings. The van der Waals surface area contributed by atoms with Crippen LogP contribution in [0.5, 0.6) is 0 Å². The van der Waals surface area contributed by atoms with Gasteiger partial charge >= 0.3 is 0 Å². The van der Waals surface area contributed by atoms with Crippen molar-refractivity contribution in [1.29, 1.82) is 0 Å². The third-order valence-electron chi connectivity index (χ3n) is 4.47. The minimum atomic E-state index is 0.900. The number of nitrogens with zero attached hydrogens (tertiary/aromatic N) is 7. The van der Waals surface area contributed by atoms with Crippen molar-refractivity contribution in [3.63, 3.8) is 0 Å². The van der Waals surface area contributed by atoms with Crippen LogP contribution in [0, 0.1) is 13.8 Å². The minimum Gasteiger partial charge on any atom is -0.353 e. The van der Waals surface area contributed by atoms with E-state index in [9.17, 15) is 0 Å². The zero-order chi connectivity index (χ0) is 16.5. The average Bonchev–Trinajstić information content (AvgIpc) is 3.06. The van der Waals surface area contributed by atoms with Gasteiger partial charge in [-0.3, -0.25) is 9.88 Å². The van der Waals surface area contributed by atoms with E-state index < -0.39 is 0 Å². The van der Waals surface area contributed by atoms with Gasteiger partial charge in [-0.15, -0.1) is 0 Å². The van der Waals surface area contributed by atoms with Crippen LogP contribution >= 0.6 is 0 Å². The summed E-state index contributed by atoms with van der Waals surface area (Å²) in [7, 11) is 0. The number of anilines is 1. The molecule has 0 radical (unpaired) electrons. The number of pyridine rings is 1. The Morgan fingerprint density at radius 2 is 1.92 bits per heavy atom. The van der Waals surface area contributed by atoms with E-state index in [1.165, 1.54) is 5.56 Å². The van der Waals surface area contributed by atoms with Crippen molar-refractivity contribution in [2.45, 2.75) is 20.4 Å². The third-order valence-corrected chi connectivity index (χ3v) is 4.47. The van der Waals surface area contributed by atoms with Gasteiger partial charge in [-0.1, -0.05) is 0 Å². The van der Waals surface area contributed by atoms with Crippen molar-refractivity contribution < 1.29 is 0 Å². The summed E-state index contributed by atoms with van der Waals surface area (Å²) in [5, 5.41) is 4.14. The van der Waals surface area contributed by atoms with Gasteiger partial charge in [0.2, 0.25) is 0 Å². The molecule has 0 aromatic carbocycles. The van der Waals surface area contributed by atoms with Crippen molar-refractivity contribution in [3.8, 4) is 0 Å². The molecule has 0 N–H and O–H groups in total. The maximum absolute atomic E-state index is 4.66. The Hall–Kier alpha value is -2.54. The molecule has 0 unspecified atom stereocenters. The van der Waals surface area contributed by atoms with Crippen molar-refractivity contribution in [1.82, 2.24) is 29.5 Å². The SMILES string of the molecule is Cc1cnc(C)c(N2CCN(Cc3ccn4ncnc4c3)CC2)n1. The van der Waals surface area contributed by atoms with E-state index >= 15 is 0 Å². The maximum atomic E-state index is 4.66. The van der Waals surface area contributed by atoms with E-state index in [4.69, 9.17) is 0 Å². The second kappa shape index (κ2) is 6.16. The van der Waals surface area contributed by atoms with Gasteiger partial charge < -0.3 is 4.90 Å². The van der Waals surface area contributed by atoms with Crippen molar-refractivity contribution in [2.75, 3.05) is 31.1 Å². The summed E-state index contributed by atoms with van der Waals surface area (Å²) < 4.78 is 1.79. The van der Waals surface area contributed by atoms with Crippen molar-refractivity contribution in [2.24, 2.45) is 0 Å². The average molecular weight is 323 g/mol. The first kappa shape index (κ1) is 15.0. The number of aryl methyl sites for hydroxylation is 2. The molecule has 0 amide bonds. The highest BCUT2D eigenvalue weighted by Crippen LogP contribution is 2.18. The minimum absolute atomic E-state index is 0.900. The van der Waals surface area contributed by atoms with Gasteiger partial charge in [0.05, 0.1) is 11.4 Å². The van der Waals surface area contributed by atoms with Crippen LogP contribution in [0.15, 0.2) is 30.9 Å². The van der Waals surface area contributed by atoms with E-state index in [-0.39, 0.29) is 0 Å². The topological polar surface area (TPSA) is 62.5 Å². The van der Waals surface area contributed by atoms with Crippen LogP contribution in [-0.4, -0.2) is 55.6 Å². The summed E-state index contributed by atoms with van der Waals surface area (Å²) in [4.78, 5) is 18.2. The lowest BCUT2D eigenvalue weighted by Crippen LogP contribution is -2.46. The Kier molecular flexibility index (Phi) is 3.86. The Morgan fingerprint density at radius 3 is 2.75 bits per heavy atom. The molecule has 1 saturated heterocycles. The smallest absolute Gasteiger partial charge is 0.155 e. The summed E-state index contributed by atoms with van der Waals surface area (Å²) in [6.07, 6.45) is 5.39. The molecule has 1 aliphatic heterocycles. The van der Waals surface area contributed by atoms with Crippen LogP contribution in [0.1, 0.15) is 17.0 Å². The van der Waals surface area contributed by atoms with Gasteiger partial charge in [-0.05, 0) is 31.5 Å². The number of rotatable bonds is 3. The van der Waals surface area contributed by atoms with Gasteiger partial charge in [0.15, 0.2) is 5.65 Å². The fourth-order valence-corrected chi connectivity index (χ4v) is 3.16. The predicted octanol–water partition coefficient (Wildman–Crippen LogP) is 1.46. The van der Waals surface area contributed by atoms with Gasteiger partial charge in [-0.25, -0.2) is 14.5 Å². The Labute approximate surface area is 141 Å². The molecule has 124 valence electrons. The number of hydrogen-bond acceptors (Lipinski definition) is 6. The van der Waals surface area contributed by atoms with Crippen LogP contribution in [0.4, 0.5) is 5.82 Å². The molecule has 3 aromatic rings. The molecule has 24 heavy (non-hydrogen) atoms. The van der Waals surface area contributed by atoms with Crippen molar-refractivity contribution >= 4 is 11.5 Å². The molecule has 0 atom stereocenters. The molecular formula is C17H21N7. The van der Waals surface area contributed by atoms with E-state index in [0.29, 0.717) is 0 Å². The second-order valence-corrected chi connectivity index (χ2v) is 6.28. The predicted molar refractivity (Wildman–Crippen MR) is 92.0 cm³/mol. The zero-order valence-corrected chi connectivity index (χ0v) is 14.1. The summed E-state index contributed by atoms with van der Waals surface area (Å²) in [6, 6.07) is 4.22. The van der Waals surface area contributed by atoms with Crippen molar-refractivity contribution in [3.05, 3.63) is 47.8 Å². The zero-order valence-electron chi connectivity index (χ0n) is 14.1. The quantitative estimate of drug-likeness (QED) is 0.727. The van der Waals surface area contributed by atoms with Gasteiger partial charge in [0, 0.05) is 45.1 Å². The number of aromatic nitrogens is 5. The fourth-order valence-electron chi connectivity index (χ4n) is 3.16. The molecule has 3 aromatic heterocycles. The number of piperazine rings is 1. The van der Waals surface area contributed by atoms with Crippen LogP contribution < -0.4 is 4.90 Å². The largest absolute Gasteiger partial charge is 0.353 e. The molecule has 0 saturated carbocycles. The Bertz CT molecular complexity index is 849. The Balaban J connectivity index is 1.41. The molecule has 7 heteroatoms. The molecular weight excluding hydrogens is 302 g/mol. The molecule has 4 heterocycles. The number of hydrogen-bond donors (Lipinski definition) is 0. The third kappa shape index (κ3) is 2.94. The first-order valence-electron chi connectivity index (χ1n) is 8.25. The fraction of sp³-hybridized carbons (Fsp3) is 0.412. The van der Waals surface area contributed by atoms with E-state index in [2.05, 4.69) is 42.0 Å². The highest BCUT2D eigenvalue weighted by Gasteiger charge is 2.20. The van der Waals surface area contributed by atoms with E-state index in [1.807, 2.05) is 26.2 Å². The Morgan fingerprint density at radius 1 is 1.08 bits per heavy atom. The first-order valence-corrected chi connectivity index (χ1v) is 8.25. The molecule has 7 nitrogen and oxygen atoms in total. The van der Waals surface area contributed by atoms with Crippen LogP contribution in [0.25, 0.3) is 5.65 Å². The summed E-state index contributed by atoms with van der Waals surface area (Å²) >= 11 is 0. The van der Waals surface area contributed by atoms with E-state index in [1.54, 1.807) is 10.8 Å². The molecule has 4 rings (SSSR count). The lowest BCUT2D eigenvalue weighted by atomic mass is 10.2. The highest BCUT2D eigenvalue weighted by molar-refractivity contribution is 5.44. The normalized spacial score (nSPS) is 16.0. The number of fused-ring (bicyclic) bond motifs is 1. The van der Waals surface area contributed by atoms with Gasteiger partial charge in [0.1, 0.15) is 12.1 Å². The standard InChI is InChI=1S/C17H21N7/c1-13-10-18-14(2)17(21-13)23-7-5-22(6-8-23)11-15-3-4-24-16(9-15)19-12-20-24/h3-4,9-10,12H,5-8,11H2,1-2H3. The van der Waals surface area contributed by atoms with Crippen LogP contribution in [-0.2, 0) is 6.54 Å². The summed E-state index contributed by atoms with van der Waals surface area (Å²) in [5.41, 5.74) is 4.15. The summed E-state index contributed by atoms with van der Waals surface area (Å²) in [6.45, 7) is 8.96. The highest BCUT2D eigenvalue weighted by atomic mass is 15.3. The van der Waals surface area contributed by atoms with Crippen LogP contribution in [0.2, 0.25) is 0 Å². The lowest BCUT2D eigenvalue weighted by molar-refractivity contribution is 0.249. The van der Waals surface area contributed by atoms with Crippen LogP contribution in [0.3, 0.4) is 0 Å². The molecule has 0 aliphatic carbocycles. The van der Waals surface area contributed by atoms with E-state index in [0.717, 1.165) is 55.6 Å². The molecule has 0 spiro atoms. The molecule has 0 bridgehead atoms. The molecule has 1 fully saturated rings. The lowest BCUT2D eigenvalue weighted by Gasteiger charge is -2.35. The second-order valence-electron chi connectivity index (χ2n) is 6.28. The summed E-state index contributed by atoms with van der Waals surface area (Å²) in [5.74, 6) is 1.03. The maximum Gasteiger partial charge on any atom is 0.155 e. The first-order chi connectivity index (χ1) is 11.7.